The van der Waals surface area contributed by atoms with Crippen LogP contribution in [0.5, 0.6) is 0 Å². The van der Waals surface area contributed by atoms with Crippen LogP contribution in [0.4, 0.5) is 17.3 Å². The molecular weight excluding hydrogens is 364 g/mol. The van der Waals surface area contributed by atoms with E-state index in [9.17, 15) is 9.59 Å². The number of amides is 1. The molecule has 0 spiro atoms. The van der Waals surface area contributed by atoms with E-state index in [0.29, 0.717) is 11.3 Å². The Hall–Kier alpha value is -3.54. The summed E-state index contributed by atoms with van der Waals surface area (Å²) < 4.78 is 0. The largest absolute Gasteiger partial charge is 0.324 e. The lowest BCUT2D eigenvalue weighted by molar-refractivity contribution is 0.101. The van der Waals surface area contributed by atoms with E-state index < -0.39 is 0 Å². The summed E-state index contributed by atoms with van der Waals surface area (Å²) in [5, 5.41) is 6.03. The first-order valence-electron chi connectivity index (χ1n) is 9.47. The minimum atomic E-state index is -0.302. The van der Waals surface area contributed by atoms with E-state index in [1.807, 2.05) is 31.2 Å². The second-order valence-electron chi connectivity index (χ2n) is 7.18. The van der Waals surface area contributed by atoms with Gasteiger partial charge in [0.1, 0.15) is 5.69 Å². The van der Waals surface area contributed by atoms with Crippen molar-refractivity contribution in [3.8, 4) is 0 Å². The number of nitrogens with zero attached hydrogens (tertiary/aromatic N) is 2. The van der Waals surface area contributed by atoms with Crippen molar-refractivity contribution in [3.63, 3.8) is 0 Å². The topological polar surface area (TPSA) is 84.0 Å². The molecule has 6 nitrogen and oxygen atoms in total. The molecule has 0 atom stereocenters. The fourth-order valence-electron chi connectivity index (χ4n) is 3.01. The van der Waals surface area contributed by atoms with Crippen LogP contribution in [0.2, 0.25) is 0 Å². The minimum absolute atomic E-state index is 0.0260. The molecule has 2 aromatic carbocycles. The molecule has 0 aliphatic carbocycles. The number of Topliss-reactive ketones (excluding diaryl/α,β-unsaturated/α-hetero) is 1. The Morgan fingerprint density at radius 2 is 1.79 bits per heavy atom. The van der Waals surface area contributed by atoms with Gasteiger partial charge in [-0.25, -0.2) is 9.97 Å². The first-order valence-corrected chi connectivity index (χ1v) is 9.47. The Labute approximate surface area is 170 Å². The van der Waals surface area contributed by atoms with Crippen LogP contribution >= 0.6 is 0 Å². The van der Waals surface area contributed by atoms with Crippen molar-refractivity contribution in [2.75, 3.05) is 10.6 Å². The van der Waals surface area contributed by atoms with Crippen LogP contribution in [-0.2, 0) is 0 Å². The van der Waals surface area contributed by atoms with Gasteiger partial charge in [0, 0.05) is 23.1 Å². The third-order valence-electron chi connectivity index (χ3n) is 4.58. The maximum atomic E-state index is 12.8. The number of carbonyl (C=O) groups excluding carboxylic acids is 2. The summed E-state index contributed by atoms with van der Waals surface area (Å²) in [5.41, 5.74) is 4.41. The first-order chi connectivity index (χ1) is 13.8. The molecule has 0 fully saturated rings. The number of rotatable bonds is 6. The van der Waals surface area contributed by atoms with Gasteiger partial charge in [-0.15, -0.1) is 0 Å². The molecule has 0 unspecified atom stereocenters. The molecule has 0 saturated carbocycles. The van der Waals surface area contributed by atoms with Gasteiger partial charge in [0.15, 0.2) is 5.78 Å². The van der Waals surface area contributed by atoms with Crippen LogP contribution in [0.3, 0.4) is 0 Å². The zero-order chi connectivity index (χ0) is 21.0. The summed E-state index contributed by atoms with van der Waals surface area (Å²) in [6.45, 7) is 7.66. The summed E-state index contributed by atoms with van der Waals surface area (Å²) in [6, 6.07) is 14.6. The molecule has 0 aliphatic rings. The number of hydrogen-bond donors (Lipinski definition) is 2. The Kier molecular flexibility index (Phi) is 6.02. The fourth-order valence-corrected chi connectivity index (χ4v) is 3.01. The molecule has 0 aliphatic heterocycles. The van der Waals surface area contributed by atoms with Crippen LogP contribution in [0.1, 0.15) is 58.7 Å². The molecule has 148 valence electrons. The zero-order valence-corrected chi connectivity index (χ0v) is 17.0. The smallest absolute Gasteiger partial charge is 0.274 e. The predicted molar refractivity (Wildman–Crippen MR) is 115 cm³/mol. The van der Waals surface area contributed by atoms with Gasteiger partial charge in [-0.2, -0.15) is 0 Å². The molecule has 0 bridgehead atoms. The number of aromatic nitrogens is 2. The van der Waals surface area contributed by atoms with Crippen molar-refractivity contribution in [2.45, 2.75) is 33.6 Å². The quantitative estimate of drug-likeness (QED) is 0.574. The number of anilines is 3. The third-order valence-corrected chi connectivity index (χ3v) is 4.58. The molecule has 1 aromatic heterocycles. The molecule has 1 heterocycles. The van der Waals surface area contributed by atoms with Crippen LogP contribution in [-0.4, -0.2) is 21.7 Å². The van der Waals surface area contributed by atoms with E-state index in [1.54, 1.807) is 24.3 Å². The molecule has 29 heavy (non-hydrogen) atoms. The molecular formula is C23H24N4O2. The van der Waals surface area contributed by atoms with Crippen LogP contribution < -0.4 is 10.6 Å². The van der Waals surface area contributed by atoms with Gasteiger partial charge < -0.3 is 10.6 Å². The zero-order valence-electron chi connectivity index (χ0n) is 17.0. The lowest BCUT2D eigenvalue weighted by Crippen LogP contribution is -2.17. The standard InChI is InChI=1S/C23H24N4O2/c1-14(2)19-10-5-7-15(3)21(19)27-22(29)20-11-12-24-23(26-20)25-18-9-6-8-17(13-18)16(4)28/h5-14H,1-4H3,(H,27,29)(H,24,25,26). The second-order valence-corrected chi connectivity index (χ2v) is 7.18. The molecule has 2 N–H and O–H groups in total. The molecule has 3 aromatic rings. The van der Waals surface area contributed by atoms with Crippen LogP contribution in [0.25, 0.3) is 0 Å². The van der Waals surface area contributed by atoms with Crippen molar-refractivity contribution in [1.29, 1.82) is 0 Å². The van der Waals surface area contributed by atoms with E-state index in [0.717, 1.165) is 16.8 Å². The van der Waals surface area contributed by atoms with Crippen molar-refractivity contribution < 1.29 is 9.59 Å². The Bertz CT molecular complexity index is 1060. The molecule has 0 saturated heterocycles. The molecule has 6 heteroatoms. The van der Waals surface area contributed by atoms with Crippen molar-refractivity contribution in [2.24, 2.45) is 0 Å². The number of nitrogens with one attached hydrogen (secondary N) is 2. The van der Waals surface area contributed by atoms with Gasteiger partial charge in [-0.3, -0.25) is 9.59 Å². The van der Waals surface area contributed by atoms with E-state index in [4.69, 9.17) is 0 Å². The Morgan fingerprint density at radius 3 is 2.52 bits per heavy atom. The van der Waals surface area contributed by atoms with Gasteiger partial charge >= 0.3 is 0 Å². The highest BCUT2D eigenvalue weighted by Gasteiger charge is 2.15. The summed E-state index contributed by atoms with van der Waals surface area (Å²) in [7, 11) is 0. The van der Waals surface area contributed by atoms with Gasteiger partial charge in [-0.1, -0.05) is 44.2 Å². The number of carbonyl (C=O) groups is 2. The summed E-state index contributed by atoms with van der Waals surface area (Å²) in [4.78, 5) is 32.9. The normalized spacial score (nSPS) is 10.7. The van der Waals surface area contributed by atoms with Crippen LogP contribution in [0, 0.1) is 6.92 Å². The molecule has 0 radical (unpaired) electrons. The highest BCUT2D eigenvalue weighted by atomic mass is 16.2. The highest BCUT2D eigenvalue weighted by molar-refractivity contribution is 6.04. The molecule has 3 rings (SSSR count). The summed E-state index contributed by atoms with van der Waals surface area (Å²) in [5.74, 6) is 0.236. The lowest BCUT2D eigenvalue weighted by atomic mass is 9.98. The van der Waals surface area contributed by atoms with E-state index in [1.165, 1.54) is 13.1 Å². The lowest BCUT2D eigenvalue weighted by Gasteiger charge is -2.16. The van der Waals surface area contributed by atoms with Gasteiger partial charge in [-0.05, 0) is 49.1 Å². The summed E-state index contributed by atoms with van der Waals surface area (Å²) in [6.07, 6.45) is 1.53. The fraction of sp³-hybridized carbons (Fsp3) is 0.217. The number of benzene rings is 2. The first kappa shape index (κ1) is 20.2. The van der Waals surface area contributed by atoms with Gasteiger partial charge in [0.25, 0.3) is 5.91 Å². The van der Waals surface area contributed by atoms with Crippen molar-refractivity contribution in [3.05, 3.63) is 77.1 Å². The van der Waals surface area contributed by atoms with Gasteiger partial charge in [0.2, 0.25) is 5.95 Å². The van der Waals surface area contributed by atoms with E-state index in [2.05, 4.69) is 34.4 Å². The monoisotopic (exact) mass is 388 g/mol. The third kappa shape index (κ3) is 4.85. The average Bonchev–Trinajstić information content (AvgIpc) is 2.69. The Morgan fingerprint density at radius 1 is 1.03 bits per heavy atom. The second kappa shape index (κ2) is 8.65. The predicted octanol–water partition coefficient (Wildman–Crippen LogP) is 5.11. The SMILES string of the molecule is CC(=O)c1cccc(Nc2nccc(C(=O)Nc3c(C)cccc3C(C)C)n2)c1. The number of ketones is 1. The van der Waals surface area contributed by atoms with Crippen LogP contribution in [0.15, 0.2) is 54.7 Å². The number of aryl methyl sites for hydroxylation is 1. The maximum Gasteiger partial charge on any atom is 0.274 e. The van der Waals surface area contributed by atoms with E-state index >= 15 is 0 Å². The number of para-hydroxylation sites is 1. The average molecular weight is 388 g/mol. The molecule has 1 amide bonds. The highest BCUT2D eigenvalue weighted by Crippen LogP contribution is 2.27. The maximum absolute atomic E-state index is 12.8. The number of hydrogen-bond acceptors (Lipinski definition) is 5. The van der Waals surface area contributed by atoms with E-state index in [-0.39, 0.29) is 29.3 Å². The Balaban J connectivity index is 1.82. The minimum Gasteiger partial charge on any atom is -0.324 e. The van der Waals surface area contributed by atoms with Crippen molar-refractivity contribution >= 4 is 29.0 Å². The van der Waals surface area contributed by atoms with Crippen molar-refractivity contribution in [1.82, 2.24) is 9.97 Å². The summed E-state index contributed by atoms with van der Waals surface area (Å²) >= 11 is 0. The van der Waals surface area contributed by atoms with Gasteiger partial charge in [0.05, 0.1) is 0 Å².